The number of hydrogen-bond donors (Lipinski definition) is 0. The number of carbonyl (C=O) groups excluding carboxylic acids is 4. The minimum absolute atomic E-state index is 0.0190. The summed E-state index contributed by atoms with van der Waals surface area (Å²) >= 11 is 0. The van der Waals surface area contributed by atoms with Gasteiger partial charge in [-0.25, -0.2) is 4.79 Å². The van der Waals surface area contributed by atoms with Crippen LogP contribution in [0.15, 0.2) is 42.2 Å². The minimum atomic E-state index is -0.977. The van der Waals surface area contributed by atoms with E-state index in [-0.39, 0.29) is 40.4 Å². The molecular formula is C21H16O7. The van der Waals surface area contributed by atoms with Gasteiger partial charge in [0, 0.05) is 29.9 Å². The number of allylic oxidation sites excluding steroid dienone is 1. The average Bonchev–Trinajstić information content (AvgIpc) is 2.70. The number of ether oxygens (including phenoxy) is 3. The van der Waals surface area contributed by atoms with Crippen LogP contribution in [0.5, 0.6) is 5.75 Å². The Labute approximate surface area is 159 Å². The predicted octanol–water partition coefficient (Wildman–Crippen LogP) is 2.61. The highest BCUT2D eigenvalue weighted by atomic mass is 16.6. The van der Waals surface area contributed by atoms with Gasteiger partial charge >= 0.3 is 11.9 Å². The summed E-state index contributed by atoms with van der Waals surface area (Å²) in [6.07, 6.45) is 0.170. The molecular weight excluding hydrogens is 364 g/mol. The predicted molar refractivity (Wildman–Crippen MR) is 97.0 cm³/mol. The molecule has 0 aromatic heterocycles. The van der Waals surface area contributed by atoms with Crippen LogP contribution >= 0.6 is 0 Å². The van der Waals surface area contributed by atoms with Crippen molar-refractivity contribution in [2.75, 3.05) is 7.11 Å². The van der Waals surface area contributed by atoms with Gasteiger partial charge in [0.25, 0.3) is 0 Å². The van der Waals surface area contributed by atoms with Gasteiger partial charge in [-0.15, -0.1) is 0 Å². The Bertz CT molecular complexity index is 1080. The Morgan fingerprint density at radius 2 is 1.93 bits per heavy atom. The van der Waals surface area contributed by atoms with Crippen molar-refractivity contribution < 1.29 is 33.4 Å². The molecule has 142 valence electrons. The van der Waals surface area contributed by atoms with Crippen LogP contribution in [0.25, 0.3) is 10.8 Å². The van der Waals surface area contributed by atoms with E-state index < -0.39 is 24.0 Å². The lowest BCUT2D eigenvalue weighted by Gasteiger charge is -2.32. The Morgan fingerprint density at radius 1 is 1.18 bits per heavy atom. The fraction of sp³-hybridized carbons (Fsp3) is 0.238. The second-order valence-corrected chi connectivity index (χ2v) is 6.65. The van der Waals surface area contributed by atoms with Crippen molar-refractivity contribution in [3.63, 3.8) is 0 Å². The van der Waals surface area contributed by atoms with E-state index in [4.69, 9.17) is 9.47 Å². The first-order valence-corrected chi connectivity index (χ1v) is 8.68. The summed E-state index contributed by atoms with van der Waals surface area (Å²) in [6, 6.07) is 8.64. The van der Waals surface area contributed by atoms with Gasteiger partial charge < -0.3 is 14.2 Å². The molecule has 2 atom stereocenters. The summed E-state index contributed by atoms with van der Waals surface area (Å²) in [5.74, 6) is -2.80. The van der Waals surface area contributed by atoms with E-state index in [9.17, 15) is 19.2 Å². The number of carbonyl (C=O) groups is 4. The third kappa shape index (κ3) is 2.67. The first-order valence-electron chi connectivity index (χ1n) is 8.68. The third-order valence-electron chi connectivity index (χ3n) is 4.97. The number of ketones is 2. The highest BCUT2D eigenvalue weighted by Gasteiger charge is 2.45. The minimum Gasteiger partial charge on any atom is -0.486 e. The van der Waals surface area contributed by atoms with Crippen LogP contribution in [0.3, 0.4) is 0 Å². The summed E-state index contributed by atoms with van der Waals surface area (Å²) in [5.41, 5.74) is 0.399. The molecule has 28 heavy (non-hydrogen) atoms. The lowest BCUT2D eigenvalue weighted by Crippen LogP contribution is -2.39. The van der Waals surface area contributed by atoms with Crippen molar-refractivity contribution in [3.05, 3.63) is 53.3 Å². The number of rotatable bonds is 2. The third-order valence-corrected chi connectivity index (χ3v) is 4.97. The van der Waals surface area contributed by atoms with Crippen LogP contribution in [0.1, 0.15) is 34.1 Å². The molecule has 0 N–H and O–H groups in total. The molecule has 0 radical (unpaired) electrons. The maximum absolute atomic E-state index is 13.3. The van der Waals surface area contributed by atoms with Crippen molar-refractivity contribution in [1.29, 1.82) is 0 Å². The summed E-state index contributed by atoms with van der Waals surface area (Å²) in [5, 5.41) is 1.23. The van der Waals surface area contributed by atoms with Crippen LogP contribution in [0.4, 0.5) is 0 Å². The Kier molecular flexibility index (Phi) is 4.22. The molecule has 2 aliphatic rings. The fourth-order valence-electron chi connectivity index (χ4n) is 3.69. The highest BCUT2D eigenvalue weighted by Crippen LogP contribution is 2.43. The van der Waals surface area contributed by atoms with Gasteiger partial charge in [0.2, 0.25) is 0 Å². The first-order chi connectivity index (χ1) is 13.4. The second kappa shape index (κ2) is 6.60. The molecule has 0 amide bonds. The van der Waals surface area contributed by atoms with E-state index in [2.05, 4.69) is 4.74 Å². The smallest absolute Gasteiger partial charge is 0.347 e. The zero-order chi connectivity index (χ0) is 20.0. The highest BCUT2D eigenvalue weighted by molar-refractivity contribution is 6.26. The molecule has 7 heteroatoms. The van der Waals surface area contributed by atoms with E-state index in [1.54, 1.807) is 30.3 Å². The zero-order valence-corrected chi connectivity index (χ0v) is 15.2. The van der Waals surface area contributed by atoms with Crippen LogP contribution in [-0.4, -0.2) is 36.7 Å². The van der Waals surface area contributed by atoms with Gasteiger partial charge in [0.1, 0.15) is 5.75 Å². The fourth-order valence-corrected chi connectivity index (χ4v) is 3.69. The van der Waals surface area contributed by atoms with E-state index in [1.165, 1.54) is 20.3 Å². The summed E-state index contributed by atoms with van der Waals surface area (Å²) in [7, 11) is 1.22. The Balaban J connectivity index is 1.92. The van der Waals surface area contributed by atoms with E-state index >= 15 is 0 Å². The van der Waals surface area contributed by atoms with E-state index in [0.29, 0.717) is 10.8 Å². The summed E-state index contributed by atoms with van der Waals surface area (Å²) in [4.78, 5) is 49.9. The lowest BCUT2D eigenvalue weighted by atomic mass is 9.74. The molecule has 0 saturated heterocycles. The molecule has 0 spiro atoms. The normalized spacial score (nSPS) is 20.6. The van der Waals surface area contributed by atoms with Crippen molar-refractivity contribution in [2.24, 2.45) is 5.92 Å². The van der Waals surface area contributed by atoms with Gasteiger partial charge in [-0.1, -0.05) is 24.3 Å². The molecule has 1 aliphatic heterocycles. The van der Waals surface area contributed by atoms with E-state index in [0.717, 1.165) is 0 Å². The van der Waals surface area contributed by atoms with Gasteiger partial charge in [-0.2, -0.15) is 0 Å². The molecule has 1 heterocycles. The molecule has 4 rings (SSSR count). The molecule has 2 unspecified atom stereocenters. The molecule has 7 nitrogen and oxygen atoms in total. The van der Waals surface area contributed by atoms with Gasteiger partial charge in [-0.05, 0) is 11.5 Å². The largest absolute Gasteiger partial charge is 0.486 e. The number of benzene rings is 2. The molecule has 0 bridgehead atoms. The lowest BCUT2D eigenvalue weighted by molar-refractivity contribution is -0.152. The van der Waals surface area contributed by atoms with Gasteiger partial charge in [0.05, 0.1) is 24.9 Å². The summed E-state index contributed by atoms with van der Waals surface area (Å²) < 4.78 is 15.4. The summed E-state index contributed by atoms with van der Waals surface area (Å²) in [6.45, 7) is 1.23. The van der Waals surface area contributed by atoms with Crippen molar-refractivity contribution in [2.45, 2.75) is 19.4 Å². The van der Waals surface area contributed by atoms with Gasteiger partial charge in [0.15, 0.2) is 17.7 Å². The quantitative estimate of drug-likeness (QED) is 0.584. The molecule has 1 aliphatic carbocycles. The zero-order valence-electron chi connectivity index (χ0n) is 15.2. The number of esters is 2. The molecule has 0 fully saturated rings. The maximum atomic E-state index is 13.3. The second-order valence-electron chi connectivity index (χ2n) is 6.65. The van der Waals surface area contributed by atoms with Crippen LogP contribution < -0.4 is 4.74 Å². The Morgan fingerprint density at radius 3 is 2.64 bits per heavy atom. The van der Waals surface area contributed by atoms with Crippen molar-refractivity contribution in [1.82, 2.24) is 0 Å². The molecule has 2 aromatic rings. The number of Topliss-reactive ketones (excluding diaryl/α,β-unsaturated/α-hetero) is 2. The average molecular weight is 380 g/mol. The topological polar surface area (TPSA) is 96.0 Å². The van der Waals surface area contributed by atoms with Crippen LogP contribution in [-0.2, 0) is 19.1 Å². The first kappa shape index (κ1) is 17.9. The maximum Gasteiger partial charge on any atom is 0.347 e. The number of methoxy groups -OCH3 is 1. The molecule has 0 saturated carbocycles. The number of hydrogen-bond acceptors (Lipinski definition) is 7. The Hall–Kier alpha value is -3.48. The van der Waals surface area contributed by atoms with Crippen molar-refractivity contribution in [3.8, 4) is 5.75 Å². The van der Waals surface area contributed by atoms with Crippen LogP contribution in [0, 0.1) is 5.92 Å². The van der Waals surface area contributed by atoms with Crippen molar-refractivity contribution >= 4 is 34.3 Å². The molecule has 2 aromatic carbocycles. The van der Waals surface area contributed by atoms with Crippen LogP contribution in [0.2, 0.25) is 0 Å². The SMILES string of the molecule is COC(=O)C1CC2C(=O)c3c(cc4ccccc4c3OC(C)=O)C(=O)C2=CO1. The monoisotopic (exact) mass is 380 g/mol. The van der Waals surface area contributed by atoms with E-state index in [1.807, 2.05) is 0 Å². The van der Waals surface area contributed by atoms with Gasteiger partial charge in [-0.3, -0.25) is 14.4 Å². The number of fused-ring (bicyclic) bond motifs is 3. The standard InChI is InChI=1S/C21H16O7/c1-10(22)28-20-12-6-4-3-5-11(12)7-14-17(20)19(24)13-8-16(21(25)26-2)27-9-15(13)18(14)23/h3-7,9,13,16H,8H2,1-2H3.